The molecular weight excluding hydrogens is 444 g/mol. The van der Waals surface area contributed by atoms with Gasteiger partial charge in [0.15, 0.2) is 5.76 Å². The number of nitrogen functional groups attached to an aromatic ring is 1. The maximum absolute atomic E-state index is 13.1. The van der Waals surface area contributed by atoms with Crippen LogP contribution in [0.4, 0.5) is 11.4 Å². The summed E-state index contributed by atoms with van der Waals surface area (Å²) in [7, 11) is 0. The molecule has 0 saturated carbocycles. The van der Waals surface area contributed by atoms with Crippen LogP contribution in [0, 0.1) is 0 Å². The number of aliphatic hydroxyl groups is 1. The van der Waals surface area contributed by atoms with E-state index in [1.807, 2.05) is 54.6 Å². The van der Waals surface area contributed by atoms with Crippen molar-refractivity contribution >= 4 is 28.3 Å². The van der Waals surface area contributed by atoms with Gasteiger partial charge >= 0.3 is 0 Å². The minimum absolute atomic E-state index is 0.0115. The second-order valence-corrected chi connectivity index (χ2v) is 8.43. The van der Waals surface area contributed by atoms with Gasteiger partial charge in [0.1, 0.15) is 5.58 Å². The van der Waals surface area contributed by atoms with Gasteiger partial charge < -0.3 is 30.0 Å². The number of carbonyl (C=O) groups excluding carboxylic acids is 1. The Kier molecular flexibility index (Phi) is 6.52. The van der Waals surface area contributed by atoms with E-state index in [-0.39, 0.29) is 18.3 Å². The van der Waals surface area contributed by atoms with E-state index in [0.29, 0.717) is 24.4 Å². The zero-order valence-electron chi connectivity index (χ0n) is 19.0. The molecule has 1 amide bonds. The first kappa shape index (κ1) is 22.7. The van der Waals surface area contributed by atoms with Crippen molar-refractivity contribution in [1.29, 1.82) is 0 Å². The van der Waals surface area contributed by atoms with Crippen LogP contribution in [0.5, 0.6) is 0 Å². The summed E-state index contributed by atoms with van der Waals surface area (Å²) in [5, 5.41) is 13.1. The molecule has 4 N–H and O–H groups in total. The van der Waals surface area contributed by atoms with Crippen LogP contribution in [0.1, 0.15) is 29.0 Å². The van der Waals surface area contributed by atoms with Gasteiger partial charge in [-0.2, -0.15) is 0 Å². The third kappa shape index (κ3) is 5.06. The molecule has 0 aliphatic carbocycles. The summed E-state index contributed by atoms with van der Waals surface area (Å²) in [6.07, 6.45) is 3.40. The quantitative estimate of drug-likeness (QED) is 0.325. The maximum atomic E-state index is 13.1. The van der Waals surface area contributed by atoms with E-state index < -0.39 is 12.2 Å². The second kappa shape index (κ2) is 10.0. The molecule has 0 saturated heterocycles. The largest absolute Gasteiger partial charge is 0.464 e. The molecule has 7 heteroatoms. The molecule has 0 radical (unpaired) electrons. The van der Waals surface area contributed by atoms with Crippen LogP contribution in [-0.2, 0) is 27.5 Å². The number of anilines is 2. The van der Waals surface area contributed by atoms with Gasteiger partial charge in [-0.25, -0.2) is 0 Å². The van der Waals surface area contributed by atoms with Crippen LogP contribution in [0.3, 0.4) is 0 Å². The molecule has 178 valence electrons. The van der Waals surface area contributed by atoms with Crippen molar-refractivity contribution in [3.8, 4) is 0 Å². The summed E-state index contributed by atoms with van der Waals surface area (Å²) in [4.78, 5) is 13.1. The fraction of sp³-hybridized carbons (Fsp3) is 0.179. The molecule has 5 rings (SSSR count). The number of para-hydroxylation sites is 3. The van der Waals surface area contributed by atoms with Crippen LogP contribution < -0.4 is 11.1 Å². The standard InChI is InChI=1S/C28H26N2O5/c29-23-6-2-3-7-24(23)30-28(32)26-13-20(22-17-33-25-8-4-1-5-21(22)25)14-27(35-26)34-16-19-11-9-18(15-31)10-12-19/h1-13,17,20,27,31H,14-16,29H2,(H,30,32). The summed E-state index contributed by atoms with van der Waals surface area (Å²) >= 11 is 0. The molecule has 35 heavy (non-hydrogen) atoms. The van der Waals surface area contributed by atoms with Crippen LogP contribution >= 0.6 is 0 Å². The van der Waals surface area contributed by atoms with E-state index in [2.05, 4.69) is 5.32 Å². The monoisotopic (exact) mass is 470 g/mol. The highest BCUT2D eigenvalue weighted by Crippen LogP contribution is 2.37. The molecule has 0 fully saturated rings. The fourth-order valence-electron chi connectivity index (χ4n) is 4.15. The Labute approximate surface area is 202 Å². The van der Waals surface area contributed by atoms with Gasteiger partial charge in [0.2, 0.25) is 6.29 Å². The lowest BCUT2D eigenvalue weighted by atomic mass is 9.92. The maximum Gasteiger partial charge on any atom is 0.290 e. The van der Waals surface area contributed by atoms with Gasteiger partial charge in [0, 0.05) is 23.3 Å². The number of nitrogens with two attached hydrogens (primary N) is 1. The van der Waals surface area contributed by atoms with Crippen LogP contribution in [0.15, 0.2) is 95.3 Å². The number of rotatable bonds is 7. The van der Waals surface area contributed by atoms with E-state index in [4.69, 9.17) is 19.6 Å². The van der Waals surface area contributed by atoms with Gasteiger partial charge in [0.05, 0.1) is 30.9 Å². The van der Waals surface area contributed by atoms with Crippen molar-refractivity contribution in [2.75, 3.05) is 11.1 Å². The number of carbonyl (C=O) groups is 1. The third-order valence-corrected chi connectivity index (χ3v) is 6.04. The van der Waals surface area contributed by atoms with E-state index >= 15 is 0 Å². The molecule has 1 aliphatic heterocycles. The molecule has 3 aromatic carbocycles. The van der Waals surface area contributed by atoms with Gasteiger partial charge in [-0.1, -0.05) is 54.6 Å². The Morgan fingerprint density at radius 2 is 1.77 bits per heavy atom. The molecule has 4 aromatic rings. The Balaban J connectivity index is 1.39. The van der Waals surface area contributed by atoms with Crippen molar-refractivity contribution in [3.63, 3.8) is 0 Å². The average Bonchev–Trinajstić information content (AvgIpc) is 3.33. The van der Waals surface area contributed by atoms with Crippen molar-refractivity contribution in [2.24, 2.45) is 0 Å². The van der Waals surface area contributed by atoms with Gasteiger partial charge in [-0.15, -0.1) is 0 Å². The third-order valence-electron chi connectivity index (χ3n) is 6.04. The predicted molar refractivity (Wildman–Crippen MR) is 133 cm³/mol. The number of hydrogen-bond acceptors (Lipinski definition) is 6. The van der Waals surface area contributed by atoms with Gasteiger partial charge in [-0.05, 0) is 35.4 Å². The number of benzene rings is 3. The highest BCUT2D eigenvalue weighted by molar-refractivity contribution is 6.04. The minimum atomic E-state index is -0.648. The van der Waals surface area contributed by atoms with E-state index in [1.54, 1.807) is 30.5 Å². The number of aliphatic hydroxyl groups excluding tert-OH is 1. The first-order valence-electron chi connectivity index (χ1n) is 11.4. The highest BCUT2D eigenvalue weighted by atomic mass is 16.7. The summed E-state index contributed by atoms with van der Waals surface area (Å²) in [5.41, 5.74) is 10.5. The SMILES string of the molecule is Nc1ccccc1NC(=O)C1=CC(c2coc3ccccc23)CC(OCc2ccc(CO)cc2)O1. The van der Waals surface area contributed by atoms with E-state index in [9.17, 15) is 9.90 Å². The Hall–Kier alpha value is -4.07. The lowest BCUT2D eigenvalue weighted by Gasteiger charge is -2.29. The Morgan fingerprint density at radius 3 is 2.57 bits per heavy atom. The number of hydrogen-bond donors (Lipinski definition) is 3. The smallest absolute Gasteiger partial charge is 0.290 e. The molecule has 2 atom stereocenters. The van der Waals surface area contributed by atoms with Crippen molar-refractivity contribution in [2.45, 2.75) is 31.8 Å². The topological polar surface area (TPSA) is 107 Å². The molecule has 1 aliphatic rings. The Bertz CT molecular complexity index is 1360. The van der Waals surface area contributed by atoms with Crippen LogP contribution in [0.25, 0.3) is 11.0 Å². The first-order valence-corrected chi connectivity index (χ1v) is 11.4. The van der Waals surface area contributed by atoms with Gasteiger partial charge in [0.25, 0.3) is 5.91 Å². The van der Waals surface area contributed by atoms with E-state index in [0.717, 1.165) is 27.7 Å². The summed E-state index contributed by atoms with van der Waals surface area (Å²) < 4.78 is 17.8. The zero-order valence-corrected chi connectivity index (χ0v) is 19.0. The molecule has 7 nitrogen and oxygen atoms in total. The van der Waals surface area contributed by atoms with Crippen LogP contribution in [-0.4, -0.2) is 17.3 Å². The number of amides is 1. The summed E-state index contributed by atoms with van der Waals surface area (Å²) in [6, 6.07) is 22.4. The molecule has 0 spiro atoms. The number of allylic oxidation sites excluding steroid dienone is 1. The van der Waals surface area contributed by atoms with Crippen molar-refractivity contribution < 1.29 is 23.8 Å². The minimum Gasteiger partial charge on any atom is -0.464 e. The molecule has 2 unspecified atom stereocenters. The average molecular weight is 471 g/mol. The normalized spacial score (nSPS) is 17.6. The Morgan fingerprint density at radius 1 is 1.03 bits per heavy atom. The zero-order chi connectivity index (χ0) is 24.2. The van der Waals surface area contributed by atoms with Gasteiger partial charge in [-0.3, -0.25) is 4.79 Å². The van der Waals surface area contributed by atoms with E-state index in [1.165, 1.54) is 0 Å². The molecule has 1 aromatic heterocycles. The van der Waals surface area contributed by atoms with Crippen LogP contribution in [0.2, 0.25) is 0 Å². The summed E-state index contributed by atoms with van der Waals surface area (Å²) in [6.45, 7) is 0.290. The predicted octanol–water partition coefficient (Wildman–Crippen LogP) is 5.08. The fourth-order valence-corrected chi connectivity index (χ4v) is 4.15. The molecule has 0 bridgehead atoms. The first-order chi connectivity index (χ1) is 17.1. The highest BCUT2D eigenvalue weighted by Gasteiger charge is 2.30. The number of nitrogens with one attached hydrogen (secondary N) is 1. The lowest BCUT2D eigenvalue weighted by Crippen LogP contribution is -2.29. The second-order valence-electron chi connectivity index (χ2n) is 8.43. The lowest BCUT2D eigenvalue weighted by molar-refractivity contribution is -0.147. The number of ether oxygens (including phenoxy) is 2. The summed E-state index contributed by atoms with van der Waals surface area (Å²) in [5.74, 6) is -0.389. The molecule has 2 heterocycles. The number of furan rings is 1. The number of fused-ring (bicyclic) bond motifs is 1. The van der Waals surface area contributed by atoms with Crippen molar-refractivity contribution in [1.82, 2.24) is 0 Å². The van der Waals surface area contributed by atoms with Crippen molar-refractivity contribution in [3.05, 3.63) is 108 Å². The molecular formula is C28H26N2O5.